The van der Waals surface area contributed by atoms with Crippen molar-refractivity contribution in [3.05, 3.63) is 142 Å². The van der Waals surface area contributed by atoms with Crippen molar-refractivity contribution in [1.29, 1.82) is 0 Å². The molecule has 1 spiro atoms. The number of fused-ring (bicyclic) bond motifs is 6. The zero-order valence-corrected chi connectivity index (χ0v) is 29.3. The van der Waals surface area contributed by atoms with Gasteiger partial charge >= 0.3 is 5.97 Å². The van der Waals surface area contributed by atoms with Gasteiger partial charge in [0.15, 0.2) is 5.60 Å². The molecule has 0 bridgehead atoms. The molecule has 2 aliphatic heterocycles. The van der Waals surface area contributed by atoms with Gasteiger partial charge in [-0.25, -0.2) is 4.79 Å². The first-order chi connectivity index (χ1) is 23.9. The van der Waals surface area contributed by atoms with Crippen molar-refractivity contribution in [2.75, 3.05) is 16.8 Å². The summed E-state index contributed by atoms with van der Waals surface area (Å²) in [5.74, 6) is 1.01. The molecular weight excluding hydrogens is 628 g/mol. The largest absolute Gasteiger partial charge is 0.456 e. The Kier molecular flexibility index (Phi) is 9.38. The molecule has 1 N–H and O–H groups in total. The van der Waals surface area contributed by atoms with Gasteiger partial charge in [-0.3, -0.25) is 0 Å². The number of unbranched alkanes of at least 4 members (excludes halogenated alkanes) is 5. The van der Waals surface area contributed by atoms with Crippen LogP contribution in [0.15, 0.2) is 103 Å². The molecule has 2 heterocycles. The lowest BCUT2D eigenvalue weighted by Gasteiger charge is -2.38. The number of ether oxygens (including phenoxy) is 2. The van der Waals surface area contributed by atoms with Crippen molar-refractivity contribution in [3.8, 4) is 11.5 Å². The van der Waals surface area contributed by atoms with Crippen molar-refractivity contribution < 1.29 is 14.3 Å². The van der Waals surface area contributed by atoms with Crippen molar-refractivity contribution in [2.45, 2.75) is 71.3 Å². The van der Waals surface area contributed by atoms with Crippen LogP contribution in [-0.4, -0.2) is 12.5 Å². The molecule has 5 aromatic carbocycles. The summed E-state index contributed by atoms with van der Waals surface area (Å²) in [4.78, 5) is 16.0. The number of esters is 1. The summed E-state index contributed by atoms with van der Waals surface area (Å²) < 4.78 is 13.3. The number of carbonyl (C=O) groups is 1. The average Bonchev–Trinajstić information content (AvgIpc) is 3.42. The van der Waals surface area contributed by atoms with Crippen LogP contribution in [0.25, 0.3) is 0 Å². The third-order valence-corrected chi connectivity index (χ3v) is 10.1. The predicted octanol–water partition coefficient (Wildman–Crippen LogP) is 12.0. The number of aryl methyl sites for hydroxylation is 2. The second-order valence-corrected chi connectivity index (χ2v) is 13.6. The molecule has 0 aliphatic carbocycles. The third-order valence-electron chi connectivity index (χ3n) is 9.87. The van der Waals surface area contributed by atoms with Gasteiger partial charge in [-0.15, -0.1) is 0 Å². The molecule has 5 aromatic rings. The number of anilines is 4. The van der Waals surface area contributed by atoms with Crippen LogP contribution >= 0.6 is 11.6 Å². The van der Waals surface area contributed by atoms with E-state index in [1.54, 1.807) is 0 Å². The van der Waals surface area contributed by atoms with Crippen LogP contribution < -0.4 is 15.0 Å². The number of hydrogen-bond acceptors (Lipinski definition) is 5. The first kappa shape index (κ1) is 32.8. The van der Waals surface area contributed by atoms with Gasteiger partial charge in [-0.1, -0.05) is 87.9 Å². The van der Waals surface area contributed by atoms with E-state index in [4.69, 9.17) is 21.1 Å². The lowest BCUT2D eigenvalue weighted by molar-refractivity contribution is 0.0224. The molecule has 250 valence electrons. The van der Waals surface area contributed by atoms with Crippen molar-refractivity contribution >= 4 is 40.3 Å². The maximum absolute atomic E-state index is 13.6. The minimum atomic E-state index is -1.16. The van der Waals surface area contributed by atoms with E-state index in [2.05, 4.69) is 79.5 Å². The second kappa shape index (κ2) is 14.0. The molecule has 0 aromatic heterocycles. The van der Waals surface area contributed by atoms with Gasteiger partial charge in [-0.2, -0.15) is 0 Å². The molecule has 1 unspecified atom stereocenters. The van der Waals surface area contributed by atoms with E-state index in [0.717, 1.165) is 64.4 Å². The number of nitrogens with zero attached hydrogens (tertiary/aromatic N) is 1. The van der Waals surface area contributed by atoms with Gasteiger partial charge in [0.2, 0.25) is 0 Å². The molecule has 0 fully saturated rings. The topological polar surface area (TPSA) is 50.8 Å². The van der Waals surface area contributed by atoms with Crippen LogP contribution in [0.1, 0.15) is 90.5 Å². The van der Waals surface area contributed by atoms with Crippen LogP contribution in [0.3, 0.4) is 0 Å². The number of hydrogen-bond donors (Lipinski definition) is 1. The quantitative estimate of drug-likeness (QED) is 0.106. The summed E-state index contributed by atoms with van der Waals surface area (Å²) in [5.41, 5.74) is 8.14. The smallest absolute Gasteiger partial charge is 0.340 e. The van der Waals surface area contributed by atoms with Crippen molar-refractivity contribution in [2.24, 2.45) is 0 Å². The second-order valence-electron chi connectivity index (χ2n) is 13.1. The number of halogens is 1. The molecule has 0 amide bonds. The first-order valence-corrected chi connectivity index (χ1v) is 18.0. The molecule has 49 heavy (non-hydrogen) atoms. The van der Waals surface area contributed by atoms with Crippen molar-refractivity contribution in [3.63, 3.8) is 0 Å². The van der Waals surface area contributed by atoms with Gasteiger partial charge in [0, 0.05) is 57.1 Å². The highest BCUT2D eigenvalue weighted by Crippen LogP contribution is 2.57. The molecule has 7 rings (SSSR count). The number of rotatable bonds is 12. The number of nitrogens with one attached hydrogen (secondary N) is 1. The van der Waals surface area contributed by atoms with Gasteiger partial charge < -0.3 is 19.7 Å². The molecular formula is C43H43ClN2O3. The van der Waals surface area contributed by atoms with Gasteiger partial charge in [-0.05, 0) is 97.6 Å². The minimum Gasteiger partial charge on any atom is -0.456 e. The molecule has 0 radical (unpaired) electrons. The Bertz CT molecular complexity index is 1970. The van der Waals surface area contributed by atoms with E-state index in [1.165, 1.54) is 37.7 Å². The first-order valence-electron chi connectivity index (χ1n) is 17.6. The lowest BCUT2D eigenvalue weighted by atomic mass is 9.77. The standard InChI is InChI=1S/C43H43ClN2O3/c1-4-6-7-8-9-12-25-46(33-21-15-30(5-2)16-22-33)34-23-24-37-41(27-34)48-40-26-29(3)39(45-32-19-17-31(44)18-20-32)28-38(40)43(37)36-14-11-10-13-35(36)42(47)49-43/h10-11,13-24,26-28,45H,4-9,12,25H2,1-3H3. The Morgan fingerprint density at radius 1 is 0.735 bits per heavy atom. The fourth-order valence-electron chi connectivity index (χ4n) is 7.17. The van der Waals surface area contributed by atoms with E-state index in [9.17, 15) is 4.79 Å². The number of benzene rings is 5. The van der Waals surface area contributed by atoms with Gasteiger partial charge in [0.1, 0.15) is 11.5 Å². The van der Waals surface area contributed by atoms with Crippen LogP contribution in [0, 0.1) is 6.92 Å². The van der Waals surface area contributed by atoms with E-state index in [1.807, 2.05) is 54.6 Å². The van der Waals surface area contributed by atoms with Crippen LogP contribution in [-0.2, 0) is 16.8 Å². The maximum Gasteiger partial charge on any atom is 0.340 e. The summed E-state index contributed by atoms with van der Waals surface area (Å²) in [5, 5.41) is 4.21. The van der Waals surface area contributed by atoms with Crippen molar-refractivity contribution in [1.82, 2.24) is 0 Å². The van der Waals surface area contributed by atoms with Gasteiger partial charge in [0.25, 0.3) is 0 Å². The Hall–Kier alpha value is -4.74. The highest BCUT2D eigenvalue weighted by atomic mass is 35.5. The zero-order chi connectivity index (χ0) is 34.0. The maximum atomic E-state index is 13.6. The van der Waals surface area contributed by atoms with E-state index < -0.39 is 5.60 Å². The minimum absolute atomic E-state index is 0.341. The Balaban J connectivity index is 1.31. The molecule has 1 atom stereocenters. The highest BCUT2D eigenvalue weighted by Gasteiger charge is 2.53. The normalized spacial score (nSPS) is 15.6. The molecule has 0 saturated heterocycles. The SMILES string of the molecule is CCCCCCCCN(c1ccc(CC)cc1)c1ccc2c(c1)Oc1cc(C)c(Nc3ccc(Cl)cc3)cc1C21OC(=O)c2ccccc21. The van der Waals surface area contributed by atoms with Crippen LogP contribution in [0.2, 0.25) is 5.02 Å². The summed E-state index contributed by atoms with van der Waals surface area (Å²) in [6, 6.07) is 34.7. The monoisotopic (exact) mass is 670 g/mol. The Morgan fingerprint density at radius 3 is 2.22 bits per heavy atom. The van der Waals surface area contributed by atoms with Crippen LogP contribution in [0.5, 0.6) is 11.5 Å². The van der Waals surface area contributed by atoms with E-state index in [-0.39, 0.29) is 5.97 Å². The predicted molar refractivity (Wildman–Crippen MR) is 200 cm³/mol. The molecule has 0 saturated carbocycles. The molecule has 5 nitrogen and oxygen atoms in total. The van der Waals surface area contributed by atoms with E-state index >= 15 is 0 Å². The summed E-state index contributed by atoms with van der Waals surface area (Å²) in [6.07, 6.45) is 8.36. The summed E-state index contributed by atoms with van der Waals surface area (Å²) in [7, 11) is 0. The fraction of sp³-hybridized carbons (Fsp3) is 0.279. The van der Waals surface area contributed by atoms with Crippen LogP contribution in [0.4, 0.5) is 22.7 Å². The van der Waals surface area contributed by atoms with E-state index in [0.29, 0.717) is 22.1 Å². The average molecular weight is 671 g/mol. The molecule has 6 heteroatoms. The Morgan fingerprint density at radius 2 is 1.45 bits per heavy atom. The fourth-order valence-corrected chi connectivity index (χ4v) is 7.29. The number of carbonyl (C=O) groups excluding carboxylic acids is 1. The lowest BCUT2D eigenvalue weighted by Crippen LogP contribution is -2.33. The zero-order valence-electron chi connectivity index (χ0n) is 28.5. The Labute approximate surface area is 294 Å². The molecule has 2 aliphatic rings. The highest BCUT2D eigenvalue weighted by molar-refractivity contribution is 6.30. The van der Waals surface area contributed by atoms with Gasteiger partial charge in [0.05, 0.1) is 5.56 Å². The summed E-state index contributed by atoms with van der Waals surface area (Å²) >= 11 is 6.16. The summed E-state index contributed by atoms with van der Waals surface area (Å²) in [6.45, 7) is 7.39. The third kappa shape index (κ3) is 6.28.